The fourth-order valence-electron chi connectivity index (χ4n) is 1.73. The number of halogens is 2. The van der Waals surface area contributed by atoms with E-state index in [-0.39, 0.29) is 25.0 Å². The van der Waals surface area contributed by atoms with Crippen LogP contribution in [-0.4, -0.2) is 30.4 Å². The van der Waals surface area contributed by atoms with Crippen LogP contribution >= 0.6 is 0 Å². The maximum absolute atomic E-state index is 13.2. The molecule has 1 saturated carbocycles. The largest absolute Gasteiger partial charge is 0.488 e. The third-order valence-corrected chi connectivity index (χ3v) is 2.90. The molecule has 1 aromatic rings. The van der Waals surface area contributed by atoms with Crippen LogP contribution in [0.4, 0.5) is 8.78 Å². The zero-order chi connectivity index (χ0) is 13.0. The van der Waals surface area contributed by atoms with Gasteiger partial charge in [-0.1, -0.05) is 6.07 Å². The lowest BCUT2D eigenvalue weighted by Gasteiger charge is -2.16. The molecule has 1 aromatic carbocycles. The van der Waals surface area contributed by atoms with Gasteiger partial charge in [-0.05, 0) is 31.4 Å². The standard InChI is InChI=1S/C13H17F2NO2/c14-11-2-1-3-12(15)13(11)18-7-6-10(8-17)16-9-4-5-9/h1-3,9-10,16-17H,4-8H2. The fraction of sp³-hybridized carbons (Fsp3) is 0.538. The van der Waals surface area contributed by atoms with E-state index in [1.54, 1.807) is 0 Å². The molecule has 0 heterocycles. The molecule has 100 valence electrons. The lowest BCUT2D eigenvalue weighted by molar-refractivity contribution is 0.202. The highest BCUT2D eigenvalue weighted by Gasteiger charge is 2.24. The fourth-order valence-corrected chi connectivity index (χ4v) is 1.73. The molecular formula is C13H17F2NO2. The van der Waals surface area contributed by atoms with Crippen LogP contribution in [0.1, 0.15) is 19.3 Å². The van der Waals surface area contributed by atoms with Crippen molar-refractivity contribution in [1.82, 2.24) is 5.32 Å². The molecule has 0 aliphatic heterocycles. The molecule has 0 amide bonds. The Bertz CT molecular complexity index is 376. The Kier molecular flexibility index (Phi) is 4.49. The monoisotopic (exact) mass is 257 g/mol. The van der Waals surface area contributed by atoms with Crippen molar-refractivity contribution >= 4 is 0 Å². The summed E-state index contributed by atoms with van der Waals surface area (Å²) in [4.78, 5) is 0. The van der Waals surface area contributed by atoms with Crippen molar-refractivity contribution in [2.45, 2.75) is 31.3 Å². The average molecular weight is 257 g/mol. The molecule has 0 radical (unpaired) electrons. The van der Waals surface area contributed by atoms with Gasteiger partial charge in [-0.2, -0.15) is 0 Å². The zero-order valence-electron chi connectivity index (χ0n) is 10.0. The molecule has 18 heavy (non-hydrogen) atoms. The molecule has 0 bridgehead atoms. The van der Waals surface area contributed by atoms with Gasteiger partial charge in [0.1, 0.15) is 0 Å². The molecular weight excluding hydrogens is 240 g/mol. The lowest BCUT2D eigenvalue weighted by Crippen LogP contribution is -2.35. The summed E-state index contributed by atoms with van der Waals surface area (Å²) in [5.74, 6) is -1.75. The van der Waals surface area contributed by atoms with E-state index < -0.39 is 11.6 Å². The van der Waals surface area contributed by atoms with Crippen LogP contribution < -0.4 is 10.1 Å². The summed E-state index contributed by atoms with van der Waals surface area (Å²) in [6.07, 6.45) is 2.76. The Hall–Kier alpha value is -1.20. The van der Waals surface area contributed by atoms with Crippen molar-refractivity contribution in [3.8, 4) is 5.75 Å². The molecule has 1 unspecified atom stereocenters. The summed E-state index contributed by atoms with van der Waals surface area (Å²) in [5.41, 5.74) is 0. The number of para-hydroxylation sites is 1. The van der Waals surface area contributed by atoms with Crippen molar-refractivity contribution in [2.75, 3.05) is 13.2 Å². The predicted molar refractivity (Wildman–Crippen MR) is 63.5 cm³/mol. The number of benzene rings is 1. The third kappa shape index (κ3) is 3.65. The van der Waals surface area contributed by atoms with Gasteiger partial charge in [-0.25, -0.2) is 8.78 Å². The van der Waals surface area contributed by atoms with E-state index >= 15 is 0 Å². The van der Waals surface area contributed by atoms with E-state index in [9.17, 15) is 8.78 Å². The minimum absolute atomic E-state index is 0.000383. The number of ether oxygens (including phenoxy) is 1. The molecule has 1 aliphatic carbocycles. The number of rotatable bonds is 7. The summed E-state index contributed by atoms with van der Waals surface area (Å²) < 4.78 is 31.6. The van der Waals surface area contributed by atoms with Crippen molar-refractivity contribution in [3.63, 3.8) is 0 Å². The molecule has 0 saturated heterocycles. The van der Waals surface area contributed by atoms with Gasteiger partial charge in [0.15, 0.2) is 17.4 Å². The van der Waals surface area contributed by atoms with E-state index in [4.69, 9.17) is 9.84 Å². The van der Waals surface area contributed by atoms with E-state index in [1.165, 1.54) is 6.07 Å². The highest BCUT2D eigenvalue weighted by molar-refractivity contribution is 5.25. The van der Waals surface area contributed by atoms with Crippen molar-refractivity contribution in [1.29, 1.82) is 0 Å². The molecule has 5 heteroatoms. The van der Waals surface area contributed by atoms with Crippen LogP contribution in [0.5, 0.6) is 5.75 Å². The van der Waals surface area contributed by atoms with Gasteiger partial charge in [0.05, 0.1) is 13.2 Å². The molecule has 1 fully saturated rings. The van der Waals surface area contributed by atoms with E-state index in [2.05, 4.69) is 5.32 Å². The number of nitrogens with one attached hydrogen (secondary N) is 1. The third-order valence-electron chi connectivity index (χ3n) is 2.90. The summed E-state index contributed by atoms with van der Waals surface area (Å²) in [6.45, 7) is 0.169. The Morgan fingerprint density at radius 3 is 2.56 bits per heavy atom. The van der Waals surface area contributed by atoms with Gasteiger partial charge >= 0.3 is 0 Å². The van der Waals surface area contributed by atoms with E-state index in [0.717, 1.165) is 25.0 Å². The normalized spacial score (nSPS) is 16.6. The Balaban J connectivity index is 1.79. The summed E-state index contributed by atoms with van der Waals surface area (Å²) in [5, 5.41) is 12.4. The van der Waals surface area contributed by atoms with Crippen molar-refractivity contribution < 1.29 is 18.6 Å². The SMILES string of the molecule is OCC(CCOc1c(F)cccc1F)NC1CC1. The second-order valence-electron chi connectivity index (χ2n) is 4.51. The highest BCUT2D eigenvalue weighted by Crippen LogP contribution is 2.22. The van der Waals surface area contributed by atoms with Crippen LogP contribution in [0, 0.1) is 11.6 Å². The molecule has 2 N–H and O–H groups in total. The van der Waals surface area contributed by atoms with Crippen LogP contribution in [0.3, 0.4) is 0 Å². The topological polar surface area (TPSA) is 41.5 Å². The highest BCUT2D eigenvalue weighted by atomic mass is 19.1. The first-order valence-corrected chi connectivity index (χ1v) is 6.14. The molecule has 2 rings (SSSR count). The summed E-state index contributed by atoms with van der Waals surface area (Å²) in [6, 6.07) is 4.01. The first-order chi connectivity index (χ1) is 8.70. The van der Waals surface area contributed by atoms with Crippen molar-refractivity contribution in [3.05, 3.63) is 29.8 Å². The van der Waals surface area contributed by atoms with Crippen molar-refractivity contribution in [2.24, 2.45) is 0 Å². The number of hydrogen-bond acceptors (Lipinski definition) is 3. The second kappa shape index (κ2) is 6.11. The first kappa shape index (κ1) is 13.2. The predicted octanol–water partition coefficient (Wildman–Crippen LogP) is 1.85. The average Bonchev–Trinajstić information content (AvgIpc) is 3.15. The van der Waals surface area contributed by atoms with Crippen LogP contribution in [0.25, 0.3) is 0 Å². The number of aliphatic hydroxyl groups excluding tert-OH is 1. The van der Waals surface area contributed by atoms with Gasteiger partial charge in [0.25, 0.3) is 0 Å². The minimum Gasteiger partial charge on any atom is -0.488 e. The van der Waals surface area contributed by atoms with Crippen LogP contribution in [0.15, 0.2) is 18.2 Å². The smallest absolute Gasteiger partial charge is 0.190 e. The van der Waals surface area contributed by atoms with Gasteiger partial charge in [0, 0.05) is 12.1 Å². The maximum atomic E-state index is 13.2. The molecule has 3 nitrogen and oxygen atoms in total. The molecule has 0 spiro atoms. The summed E-state index contributed by atoms with van der Waals surface area (Å²) >= 11 is 0. The zero-order valence-corrected chi connectivity index (χ0v) is 10.0. The van der Waals surface area contributed by atoms with Gasteiger partial charge < -0.3 is 15.2 Å². The molecule has 0 aromatic heterocycles. The maximum Gasteiger partial charge on any atom is 0.190 e. The Labute approximate surface area is 105 Å². The number of aliphatic hydroxyl groups is 1. The number of hydrogen-bond donors (Lipinski definition) is 2. The van der Waals surface area contributed by atoms with Crippen LogP contribution in [0.2, 0.25) is 0 Å². The minimum atomic E-state index is -0.703. The first-order valence-electron chi connectivity index (χ1n) is 6.14. The molecule has 1 aliphatic rings. The van der Waals surface area contributed by atoms with E-state index in [0.29, 0.717) is 12.5 Å². The summed E-state index contributed by atoms with van der Waals surface area (Å²) in [7, 11) is 0. The van der Waals surface area contributed by atoms with Gasteiger partial charge in [-0.3, -0.25) is 0 Å². The van der Waals surface area contributed by atoms with E-state index in [1.807, 2.05) is 0 Å². The quantitative estimate of drug-likeness (QED) is 0.783. The molecule has 1 atom stereocenters. The van der Waals surface area contributed by atoms with Gasteiger partial charge in [-0.15, -0.1) is 0 Å². The Morgan fingerprint density at radius 2 is 2.00 bits per heavy atom. The van der Waals surface area contributed by atoms with Gasteiger partial charge in [0.2, 0.25) is 0 Å². The second-order valence-corrected chi connectivity index (χ2v) is 4.51. The lowest BCUT2D eigenvalue weighted by atomic mass is 10.2. The van der Waals surface area contributed by atoms with Crippen LogP contribution in [-0.2, 0) is 0 Å². The Morgan fingerprint density at radius 1 is 1.33 bits per heavy atom.